The number of carbonyl (C=O) groups is 2. The normalized spacial score (nSPS) is 13.8. The maximum absolute atomic E-state index is 12.3. The van der Waals surface area contributed by atoms with Gasteiger partial charge in [0.1, 0.15) is 6.61 Å². The standard InChI is InChI=1S/C26H52NO8P/c1-4-6-8-10-12-14-16-18-25(28)32-22-24(23-34-36(30,31)33-21-20-27-3)35-26(29)19-17-15-13-11-9-7-5-2/h24,27H,4-23H2,1-3H3,(H,30,31). The molecule has 0 saturated heterocycles. The Labute approximate surface area is 219 Å². The zero-order valence-corrected chi connectivity index (χ0v) is 23.9. The number of hydrogen-bond acceptors (Lipinski definition) is 8. The van der Waals surface area contributed by atoms with Crippen LogP contribution < -0.4 is 5.32 Å². The molecule has 0 bridgehead atoms. The van der Waals surface area contributed by atoms with Gasteiger partial charge in [-0.15, -0.1) is 0 Å². The average Bonchev–Trinajstić information content (AvgIpc) is 2.84. The Morgan fingerprint density at radius 2 is 1.25 bits per heavy atom. The van der Waals surface area contributed by atoms with E-state index >= 15 is 0 Å². The van der Waals surface area contributed by atoms with Gasteiger partial charge in [-0.25, -0.2) is 4.57 Å². The lowest BCUT2D eigenvalue weighted by molar-refractivity contribution is -0.161. The molecule has 2 N–H and O–H groups in total. The second kappa shape index (κ2) is 24.4. The molecule has 0 aromatic carbocycles. The summed E-state index contributed by atoms with van der Waals surface area (Å²) in [6.45, 7) is 4.08. The topological polar surface area (TPSA) is 120 Å². The van der Waals surface area contributed by atoms with E-state index in [9.17, 15) is 19.0 Å². The molecule has 0 heterocycles. The first-order valence-corrected chi connectivity index (χ1v) is 15.5. The van der Waals surface area contributed by atoms with Crippen molar-refractivity contribution in [2.24, 2.45) is 0 Å². The lowest BCUT2D eigenvalue weighted by Crippen LogP contribution is -2.29. The van der Waals surface area contributed by atoms with Gasteiger partial charge >= 0.3 is 19.8 Å². The second-order valence-corrected chi connectivity index (χ2v) is 10.7. The lowest BCUT2D eigenvalue weighted by atomic mass is 10.1. The summed E-state index contributed by atoms with van der Waals surface area (Å²) in [5, 5.41) is 2.80. The van der Waals surface area contributed by atoms with Crippen molar-refractivity contribution in [2.75, 3.05) is 33.4 Å². The Kier molecular flexibility index (Phi) is 23.7. The Morgan fingerprint density at radius 1 is 0.750 bits per heavy atom. The fourth-order valence-electron chi connectivity index (χ4n) is 3.55. The fraction of sp³-hybridized carbons (Fsp3) is 0.923. The maximum atomic E-state index is 12.3. The molecule has 2 unspecified atom stereocenters. The molecule has 10 heteroatoms. The number of esters is 2. The Hall–Kier alpha value is -0.990. The van der Waals surface area contributed by atoms with E-state index in [0.717, 1.165) is 38.5 Å². The van der Waals surface area contributed by atoms with Gasteiger partial charge in [-0.2, -0.15) is 0 Å². The number of unbranched alkanes of at least 4 members (excludes halogenated alkanes) is 12. The van der Waals surface area contributed by atoms with Crippen LogP contribution in [0.5, 0.6) is 0 Å². The molecule has 0 aliphatic heterocycles. The molecular weight excluding hydrogens is 485 g/mol. The smallest absolute Gasteiger partial charge is 0.462 e. The Morgan fingerprint density at radius 3 is 1.78 bits per heavy atom. The first-order chi connectivity index (χ1) is 17.3. The van der Waals surface area contributed by atoms with Gasteiger partial charge in [-0.3, -0.25) is 18.6 Å². The lowest BCUT2D eigenvalue weighted by Gasteiger charge is -2.20. The molecule has 0 radical (unpaired) electrons. The summed E-state index contributed by atoms with van der Waals surface area (Å²) in [5.41, 5.74) is 0. The first-order valence-electron chi connectivity index (χ1n) is 14.0. The molecule has 0 aliphatic rings. The van der Waals surface area contributed by atoms with Crippen molar-refractivity contribution in [3.8, 4) is 0 Å². The highest BCUT2D eigenvalue weighted by atomic mass is 31.2. The number of phosphoric acid groups is 1. The van der Waals surface area contributed by atoms with Crippen LogP contribution in [0, 0.1) is 0 Å². The summed E-state index contributed by atoms with van der Waals surface area (Å²) in [6, 6.07) is 0. The third-order valence-corrected chi connectivity index (χ3v) is 6.71. The highest BCUT2D eigenvalue weighted by molar-refractivity contribution is 7.47. The molecular formula is C26H52NO8P. The molecule has 0 aromatic heterocycles. The first kappa shape index (κ1) is 35.0. The van der Waals surface area contributed by atoms with Gasteiger partial charge in [0, 0.05) is 19.4 Å². The van der Waals surface area contributed by atoms with Crippen molar-refractivity contribution in [3.05, 3.63) is 0 Å². The minimum atomic E-state index is -4.31. The molecule has 0 rings (SSSR count). The van der Waals surface area contributed by atoms with Crippen molar-refractivity contribution in [1.82, 2.24) is 5.32 Å². The number of ether oxygens (including phenoxy) is 2. The third-order valence-electron chi connectivity index (χ3n) is 5.73. The van der Waals surface area contributed by atoms with E-state index in [2.05, 4.69) is 19.2 Å². The largest absolute Gasteiger partial charge is 0.472 e. The van der Waals surface area contributed by atoms with E-state index in [0.29, 0.717) is 19.4 Å². The van der Waals surface area contributed by atoms with Crippen molar-refractivity contribution in [2.45, 2.75) is 123 Å². The number of carbonyl (C=O) groups excluding carboxylic acids is 2. The van der Waals surface area contributed by atoms with E-state index in [-0.39, 0.29) is 25.6 Å². The quantitative estimate of drug-likeness (QED) is 0.0768. The fourth-order valence-corrected chi connectivity index (χ4v) is 4.30. The van der Waals surface area contributed by atoms with E-state index < -0.39 is 26.5 Å². The second-order valence-electron chi connectivity index (χ2n) is 9.24. The zero-order chi connectivity index (χ0) is 26.9. The van der Waals surface area contributed by atoms with E-state index in [4.69, 9.17) is 18.5 Å². The predicted octanol–water partition coefficient (Wildman–Crippen LogP) is 6.08. The summed E-state index contributed by atoms with van der Waals surface area (Å²) in [5.74, 6) is -0.821. The SMILES string of the molecule is CCCCCCCCCC(=O)OCC(COP(=O)(O)OCCNC)OC(=O)CCCCCCCCC. The molecule has 2 atom stereocenters. The van der Waals surface area contributed by atoms with Crippen molar-refractivity contribution in [1.29, 1.82) is 0 Å². The molecule has 0 amide bonds. The van der Waals surface area contributed by atoms with E-state index in [1.807, 2.05) is 0 Å². The van der Waals surface area contributed by atoms with E-state index in [1.165, 1.54) is 44.9 Å². The van der Waals surface area contributed by atoms with Gasteiger partial charge in [0.15, 0.2) is 6.10 Å². The van der Waals surface area contributed by atoms with Crippen molar-refractivity contribution in [3.63, 3.8) is 0 Å². The van der Waals surface area contributed by atoms with Crippen LogP contribution in [-0.4, -0.2) is 56.3 Å². The van der Waals surface area contributed by atoms with Gasteiger partial charge < -0.3 is 19.7 Å². The molecule has 0 fully saturated rings. The summed E-state index contributed by atoms with van der Waals surface area (Å²) < 4.78 is 32.6. The van der Waals surface area contributed by atoms with Gasteiger partial charge in [0.05, 0.1) is 13.2 Å². The highest BCUT2D eigenvalue weighted by Crippen LogP contribution is 2.43. The Balaban J connectivity index is 4.46. The summed E-state index contributed by atoms with van der Waals surface area (Å²) >= 11 is 0. The number of likely N-dealkylation sites (N-methyl/N-ethyl adjacent to an activating group) is 1. The summed E-state index contributed by atoms with van der Waals surface area (Å²) in [7, 11) is -2.62. The third kappa shape index (κ3) is 23.4. The molecule has 0 saturated carbocycles. The number of phosphoric ester groups is 1. The molecule has 214 valence electrons. The van der Waals surface area contributed by atoms with Crippen molar-refractivity contribution >= 4 is 19.8 Å². The van der Waals surface area contributed by atoms with Gasteiger partial charge in [0.2, 0.25) is 0 Å². The Bertz CT molecular complexity index is 590. The van der Waals surface area contributed by atoms with Crippen LogP contribution in [-0.2, 0) is 32.7 Å². The molecule has 0 aliphatic carbocycles. The van der Waals surface area contributed by atoms with Crippen LogP contribution in [0.25, 0.3) is 0 Å². The number of rotatable bonds is 26. The van der Waals surface area contributed by atoms with E-state index in [1.54, 1.807) is 7.05 Å². The number of hydrogen-bond donors (Lipinski definition) is 2. The predicted molar refractivity (Wildman–Crippen MR) is 142 cm³/mol. The number of nitrogens with one attached hydrogen (secondary N) is 1. The van der Waals surface area contributed by atoms with Crippen LogP contribution >= 0.6 is 7.82 Å². The van der Waals surface area contributed by atoms with Crippen LogP contribution in [0.15, 0.2) is 0 Å². The van der Waals surface area contributed by atoms with Gasteiger partial charge in [-0.05, 0) is 19.9 Å². The van der Waals surface area contributed by atoms with Crippen LogP contribution in [0.1, 0.15) is 117 Å². The molecule has 36 heavy (non-hydrogen) atoms. The minimum absolute atomic E-state index is 0.0135. The zero-order valence-electron chi connectivity index (χ0n) is 23.0. The van der Waals surface area contributed by atoms with Gasteiger partial charge in [0.25, 0.3) is 0 Å². The van der Waals surface area contributed by atoms with Crippen molar-refractivity contribution < 1.29 is 37.6 Å². The highest BCUT2D eigenvalue weighted by Gasteiger charge is 2.26. The molecule has 9 nitrogen and oxygen atoms in total. The molecule has 0 aromatic rings. The van der Waals surface area contributed by atoms with Crippen LogP contribution in [0.4, 0.5) is 0 Å². The van der Waals surface area contributed by atoms with Crippen LogP contribution in [0.3, 0.4) is 0 Å². The van der Waals surface area contributed by atoms with Crippen LogP contribution in [0.2, 0.25) is 0 Å². The monoisotopic (exact) mass is 537 g/mol. The average molecular weight is 538 g/mol. The summed E-state index contributed by atoms with van der Waals surface area (Å²) in [4.78, 5) is 34.2. The molecule has 0 spiro atoms. The maximum Gasteiger partial charge on any atom is 0.472 e. The minimum Gasteiger partial charge on any atom is -0.462 e. The van der Waals surface area contributed by atoms with Gasteiger partial charge in [-0.1, -0.05) is 90.9 Å². The summed E-state index contributed by atoms with van der Waals surface area (Å²) in [6.07, 6.45) is 14.7.